The molecule has 2 aromatic rings. The first-order valence-corrected chi connectivity index (χ1v) is 6.38. The van der Waals surface area contributed by atoms with E-state index in [1.54, 1.807) is 13.1 Å². The van der Waals surface area contributed by atoms with Crippen LogP contribution in [-0.4, -0.2) is 21.7 Å². The Bertz CT molecular complexity index is 486. The number of nitrogens with one attached hydrogen (secondary N) is 1. The molecule has 0 unspecified atom stereocenters. The van der Waals surface area contributed by atoms with Crippen LogP contribution in [0.2, 0.25) is 0 Å². The lowest BCUT2D eigenvalue weighted by atomic mass is 10.3. The topological polar surface area (TPSA) is 63.8 Å². The molecular formula is C11H14N4OS. The lowest BCUT2D eigenvalue weighted by Crippen LogP contribution is -1.99. The quantitative estimate of drug-likeness (QED) is 0.822. The summed E-state index contributed by atoms with van der Waals surface area (Å²) in [6.45, 7) is 4.70. The average molecular weight is 250 g/mol. The molecule has 0 saturated heterocycles. The number of pyridine rings is 1. The van der Waals surface area contributed by atoms with Gasteiger partial charge in [-0.2, -0.15) is 0 Å². The summed E-state index contributed by atoms with van der Waals surface area (Å²) >= 11 is 1.53. The third-order valence-corrected chi connectivity index (χ3v) is 2.94. The molecule has 0 atom stereocenters. The third-order valence-electron chi connectivity index (χ3n) is 2.05. The molecule has 0 aliphatic heterocycles. The first-order chi connectivity index (χ1) is 8.28. The van der Waals surface area contributed by atoms with Crippen molar-refractivity contribution < 1.29 is 4.42 Å². The maximum Gasteiger partial charge on any atom is 0.276 e. The predicted molar refractivity (Wildman–Crippen MR) is 67.0 cm³/mol. The monoisotopic (exact) mass is 250 g/mol. The fraction of sp³-hybridized carbons (Fsp3) is 0.364. The number of hydrogen-bond acceptors (Lipinski definition) is 6. The van der Waals surface area contributed by atoms with Crippen LogP contribution in [0.1, 0.15) is 18.4 Å². The Hall–Kier alpha value is -1.56. The maximum atomic E-state index is 5.29. The SMILES string of the molecule is CCNc1cc(CSc2nnc(C)o2)ccn1. The lowest BCUT2D eigenvalue weighted by Gasteiger charge is -2.03. The van der Waals surface area contributed by atoms with Crippen molar-refractivity contribution >= 4 is 17.6 Å². The summed E-state index contributed by atoms with van der Waals surface area (Å²) in [5.41, 5.74) is 1.18. The Kier molecular flexibility index (Phi) is 3.98. The van der Waals surface area contributed by atoms with E-state index >= 15 is 0 Å². The minimum atomic E-state index is 0.593. The number of aryl methyl sites for hydroxylation is 1. The number of rotatable bonds is 5. The molecule has 0 radical (unpaired) electrons. The van der Waals surface area contributed by atoms with Crippen molar-refractivity contribution in [3.63, 3.8) is 0 Å². The second-order valence-electron chi connectivity index (χ2n) is 3.46. The fourth-order valence-electron chi connectivity index (χ4n) is 1.32. The van der Waals surface area contributed by atoms with Gasteiger partial charge in [-0.3, -0.25) is 0 Å². The van der Waals surface area contributed by atoms with Crippen molar-refractivity contribution in [2.24, 2.45) is 0 Å². The smallest absolute Gasteiger partial charge is 0.276 e. The van der Waals surface area contributed by atoms with Crippen molar-refractivity contribution in [3.8, 4) is 0 Å². The van der Waals surface area contributed by atoms with E-state index in [4.69, 9.17) is 4.42 Å². The fourth-order valence-corrected chi connectivity index (χ4v) is 2.07. The summed E-state index contributed by atoms with van der Waals surface area (Å²) in [4.78, 5) is 4.22. The summed E-state index contributed by atoms with van der Waals surface area (Å²) in [5.74, 6) is 2.28. The minimum Gasteiger partial charge on any atom is -0.416 e. The van der Waals surface area contributed by atoms with E-state index in [-0.39, 0.29) is 0 Å². The number of thioether (sulfide) groups is 1. The Morgan fingerprint density at radius 3 is 3.00 bits per heavy atom. The summed E-state index contributed by atoms with van der Waals surface area (Å²) < 4.78 is 5.29. The van der Waals surface area contributed by atoms with Gasteiger partial charge in [0, 0.05) is 25.4 Å². The average Bonchev–Trinajstić information content (AvgIpc) is 2.74. The van der Waals surface area contributed by atoms with Crippen LogP contribution in [-0.2, 0) is 5.75 Å². The van der Waals surface area contributed by atoms with Gasteiger partial charge in [0.15, 0.2) is 0 Å². The second-order valence-corrected chi connectivity index (χ2v) is 4.38. The molecule has 0 fully saturated rings. The first kappa shape index (κ1) is 11.9. The van der Waals surface area contributed by atoms with Gasteiger partial charge in [0.1, 0.15) is 5.82 Å². The van der Waals surface area contributed by atoms with Crippen LogP contribution in [0.25, 0.3) is 0 Å². The van der Waals surface area contributed by atoms with Gasteiger partial charge in [-0.25, -0.2) is 4.98 Å². The van der Waals surface area contributed by atoms with Crippen molar-refractivity contribution in [1.29, 1.82) is 0 Å². The molecule has 0 bridgehead atoms. The Morgan fingerprint density at radius 2 is 2.29 bits per heavy atom. The van der Waals surface area contributed by atoms with Gasteiger partial charge in [-0.1, -0.05) is 11.8 Å². The number of aromatic nitrogens is 3. The predicted octanol–water partition coefficient (Wildman–Crippen LogP) is 2.50. The van der Waals surface area contributed by atoms with Crippen LogP contribution in [0.15, 0.2) is 28.0 Å². The Labute approximate surface area is 104 Å². The molecule has 0 aromatic carbocycles. The highest BCUT2D eigenvalue weighted by atomic mass is 32.2. The van der Waals surface area contributed by atoms with E-state index in [2.05, 4.69) is 20.5 Å². The molecule has 2 heterocycles. The zero-order valence-corrected chi connectivity index (χ0v) is 10.6. The van der Waals surface area contributed by atoms with Crippen molar-refractivity contribution in [2.75, 3.05) is 11.9 Å². The summed E-state index contributed by atoms with van der Waals surface area (Å²) in [6, 6.07) is 4.01. The van der Waals surface area contributed by atoms with Gasteiger partial charge in [0.2, 0.25) is 5.89 Å². The van der Waals surface area contributed by atoms with Crippen molar-refractivity contribution in [3.05, 3.63) is 29.8 Å². The van der Waals surface area contributed by atoms with Gasteiger partial charge in [0.05, 0.1) is 0 Å². The van der Waals surface area contributed by atoms with Crippen LogP contribution in [0, 0.1) is 6.92 Å². The molecule has 2 aromatic heterocycles. The van der Waals surface area contributed by atoms with Crippen molar-refractivity contribution in [2.45, 2.75) is 24.8 Å². The molecule has 0 aliphatic rings. The van der Waals surface area contributed by atoms with Crippen molar-refractivity contribution in [1.82, 2.24) is 15.2 Å². The molecule has 5 nitrogen and oxygen atoms in total. The molecular weight excluding hydrogens is 236 g/mol. The van der Waals surface area contributed by atoms with E-state index in [1.165, 1.54) is 17.3 Å². The molecule has 0 amide bonds. The van der Waals surface area contributed by atoms with Crippen LogP contribution in [0.3, 0.4) is 0 Å². The molecule has 0 saturated carbocycles. The highest BCUT2D eigenvalue weighted by molar-refractivity contribution is 7.98. The van der Waals surface area contributed by atoms with Gasteiger partial charge in [0.25, 0.3) is 5.22 Å². The van der Waals surface area contributed by atoms with Crippen LogP contribution in [0.5, 0.6) is 0 Å². The zero-order chi connectivity index (χ0) is 12.1. The molecule has 17 heavy (non-hydrogen) atoms. The van der Waals surface area contributed by atoms with E-state index in [9.17, 15) is 0 Å². The summed E-state index contributed by atoms with van der Waals surface area (Å²) in [6.07, 6.45) is 1.80. The molecule has 6 heteroatoms. The largest absolute Gasteiger partial charge is 0.416 e. The van der Waals surface area contributed by atoms with E-state index in [1.807, 2.05) is 19.1 Å². The second kappa shape index (κ2) is 5.67. The number of hydrogen-bond donors (Lipinski definition) is 1. The van der Waals surface area contributed by atoms with Crippen LogP contribution < -0.4 is 5.32 Å². The Morgan fingerprint density at radius 1 is 1.41 bits per heavy atom. The lowest BCUT2D eigenvalue weighted by molar-refractivity contribution is 0.429. The third kappa shape index (κ3) is 3.45. The van der Waals surface area contributed by atoms with Crippen LogP contribution >= 0.6 is 11.8 Å². The van der Waals surface area contributed by atoms with E-state index in [0.717, 1.165) is 18.1 Å². The molecule has 1 N–H and O–H groups in total. The Balaban J connectivity index is 1.96. The molecule has 0 spiro atoms. The summed E-state index contributed by atoms with van der Waals surface area (Å²) in [5, 5.41) is 11.5. The minimum absolute atomic E-state index is 0.593. The maximum absolute atomic E-state index is 5.29. The summed E-state index contributed by atoms with van der Waals surface area (Å²) in [7, 11) is 0. The highest BCUT2D eigenvalue weighted by Crippen LogP contribution is 2.21. The zero-order valence-electron chi connectivity index (χ0n) is 9.80. The van der Waals surface area contributed by atoms with Gasteiger partial charge in [-0.05, 0) is 24.6 Å². The number of nitrogens with zero attached hydrogens (tertiary/aromatic N) is 3. The first-order valence-electron chi connectivity index (χ1n) is 5.39. The highest BCUT2D eigenvalue weighted by Gasteiger charge is 2.04. The van der Waals surface area contributed by atoms with Gasteiger partial charge < -0.3 is 9.73 Å². The number of anilines is 1. The molecule has 0 aliphatic carbocycles. The van der Waals surface area contributed by atoms with Crippen LogP contribution in [0.4, 0.5) is 5.82 Å². The molecule has 2 rings (SSSR count). The normalized spacial score (nSPS) is 10.5. The van der Waals surface area contributed by atoms with E-state index < -0.39 is 0 Å². The molecule has 90 valence electrons. The standard InChI is InChI=1S/C11H14N4OS/c1-3-12-10-6-9(4-5-13-10)7-17-11-15-14-8(2)16-11/h4-6H,3,7H2,1-2H3,(H,12,13). The van der Waals surface area contributed by atoms with Gasteiger partial charge >= 0.3 is 0 Å². The van der Waals surface area contributed by atoms with Gasteiger partial charge in [-0.15, -0.1) is 10.2 Å². The van der Waals surface area contributed by atoms with E-state index in [0.29, 0.717) is 11.1 Å².